The van der Waals surface area contributed by atoms with Gasteiger partial charge >= 0.3 is 0 Å². The lowest BCUT2D eigenvalue weighted by Gasteiger charge is -2.27. The van der Waals surface area contributed by atoms with Crippen LogP contribution in [0.5, 0.6) is 11.5 Å². The van der Waals surface area contributed by atoms with Gasteiger partial charge in [-0.05, 0) is 18.2 Å². The zero-order valence-electron chi connectivity index (χ0n) is 10.6. The summed E-state index contributed by atoms with van der Waals surface area (Å²) in [6, 6.07) is 7.48. The first-order valence-corrected chi connectivity index (χ1v) is 6.00. The monoisotopic (exact) mass is 261 g/mol. The van der Waals surface area contributed by atoms with Crippen LogP contribution in [-0.4, -0.2) is 36.6 Å². The van der Waals surface area contributed by atoms with E-state index in [1.807, 2.05) is 18.2 Å². The summed E-state index contributed by atoms with van der Waals surface area (Å²) in [5.41, 5.74) is 7.38. The molecule has 100 valence electrons. The van der Waals surface area contributed by atoms with E-state index < -0.39 is 0 Å². The summed E-state index contributed by atoms with van der Waals surface area (Å²) < 4.78 is 16.2. The normalized spacial score (nSPS) is 15.0. The van der Waals surface area contributed by atoms with Crippen molar-refractivity contribution in [3.63, 3.8) is 0 Å². The number of nitrogens with one attached hydrogen (secondary N) is 1. The predicted molar refractivity (Wildman–Crippen MR) is 70.2 cm³/mol. The minimum absolute atomic E-state index is 0.113. The third-order valence-electron chi connectivity index (χ3n) is 2.97. The number of benzene rings is 1. The largest absolute Gasteiger partial charge is 0.493 e. The van der Waals surface area contributed by atoms with Crippen molar-refractivity contribution in [1.82, 2.24) is 10.2 Å². The summed E-state index contributed by atoms with van der Waals surface area (Å²) >= 11 is 0. The number of methoxy groups -OCH3 is 1. The van der Waals surface area contributed by atoms with Gasteiger partial charge in [-0.2, -0.15) is 5.10 Å². The maximum absolute atomic E-state index is 5.77. The van der Waals surface area contributed by atoms with Crippen molar-refractivity contribution < 1.29 is 14.2 Å². The fourth-order valence-corrected chi connectivity index (χ4v) is 1.88. The summed E-state index contributed by atoms with van der Waals surface area (Å²) in [7, 11) is 1.62. The quantitative estimate of drug-likeness (QED) is 0.870. The molecular weight excluding hydrogens is 246 g/mol. The maximum Gasteiger partial charge on any atom is 0.161 e. The summed E-state index contributed by atoms with van der Waals surface area (Å²) in [6.45, 7) is 1.25. The number of anilines is 1. The van der Waals surface area contributed by atoms with Gasteiger partial charge in [0.1, 0.15) is 11.9 Å². The predicted octanol–water partition coefficient (Wildman–Crippen LogP) is 1.45. The first-order chi connectivity index (χ1) is 9.26. The van der Waals surface area contributed by atoms with Gasteiger partial charge in [0.2, 0.25) is 0 Å². The Morgan fingerprint density at radius 1 is 1.32 bits per heavy atom. The Kier molecular flexibility index (Phi) is 3.00. The van der Waals surface area contributed by atoms with Crippen LogP contribution in [0.2, 0.25) is 0 Å². The Morgan fingerprint density at radius 2 is 2.16 bits per heavy atom. The Hall–Kier alpha value is -2.21. The van der Waals surface area contributed by atoms with Crippen LogP contribution in [0.25, 0.3) is 11.3 Å². The van der Waals surface area contributed by atoms with Crippen molar-refractivity contribution in [1.29, 1.82) is 0 Å². The van der Waals surface area contributed by atoms with Gasteiger partial charge in [-0.1, -0.05) is 0 Å². The molecule has 19 heavy (non-hydrogen) atoms. The maximum atomic E-state index is 5.77. The Labute approximate surface area is 110 Å². The van der Waals surface area contributed by atoms with Gasteiger partial charge in [-0.25, -0.2) is 0 Å². The fourth-order valence-electron chi connectivity index (χ4n) is 1.88. The molecule has 1 aliphatic heterocycles. The molecule has 2 heterocycles. The zero-order chi connectivity index (χ0) is 13.2. The number of aromatic amines is 1. The van der Waals surface area contributed by atoms with E-state index in [2.05, 4.69) is 10.2 Å². The van der Waals surface area contributed by atoms with E-state index in [9.17, 15) is 0 Å². The first kappa shape index (κ1) is 11.9. The van der Waals surface area contributed by atoms with Crippen molar-refractivity contribution in [2.24, 2.45) is 0 Å². The Balaban J connectivity index is 1.87. The molecule has 0 radical (unpaired) electrons. The number of hydrogen-bond donors (Lipinski definition) is 2. The Bertz CT molecular complexity index is 578. The SMILES string of the molecule is COc1cc(-c2cc(N)n[nH]2)ccc1OC1COC1. The van der Waals surface area contributed by atoms with Gasteiger partial charge in [0.15, 0.2) is 11.5 Å². The van der Waals surface area contributed by atoms with Crippen LogP contribution in [0.4, 0.5) is 5.82 Å². The molecule has 3 N–H and O–H groups in total. The minimum atomic E-state index is 0.113. The molecule has 1 fully saturated rings. The molecule has 1 aromatic heterocycles. The van der Waals surface area contributed by atoms with Gasteiger partial charge in [0.25, 0.3) is 0 Å². The number of nitrogens with two attached hydrogens (primary N) is 1. The molecule has 6 nitrogen and oxygen atoms in total. The van der Waals surface area contributed by atoms with E-state index in [4.69, 9.17) is 19.9 Å². The van der Waals surface area contributed by atoms with Gasteiger partial charge in [0.05, 0.1) is 26.0 Å². The molecular formula is C13H15N3O3. The van der Waals surface area contributed by atoms with Crippen LogP contribution in [0.3, 0.4) is 0 Å². The second-order valence-corrected chi connectivity index (χ2v) is 4.35. The molecule has 1 aromatic carbocycles. The fraction of sp³-hybridized carbons (Fsp3) is 0.308. The zero-order valence-corrected chi connectivity index (χ0v) is 10.6. The van der Waals surface area contributed by atoms with Gasteiger partial charge < -0.3 is 19.9 Å². The molecule has 6 heteroatoms. The van der Waals surface area contributed by atoms with E-state index in [1.165, 1.54) is 0 Å². The van der Waals surface area contributed by atoms with Crippen LogP contribution in [-0.2, 0) is 4.74 Å². The second kappa shape index (κ2) is 4.81. The lowest BCUT2D eigenvalue weighted by atomic mass is 10.1. The first-order valence-electron chi connectivity index (χ1n) is 6.00. The second-order valence-electron chi connectivity index (χ2n) is 4.35. The van der Waals surface area contributed by atoms with E-state index in [0.29, 0.717) is 30.5 Å². The highest BCUT2D eigenvalue weighted by Crippen LogP contribution is 2.33. The molecule has 0 bridgehead atoms. The van der Waals surface area contributed by atoms with Gasteiger partial charge in [-0.15, -0.1) is 0 Å². The van der Waals surface area contributed by atoms with Crippen molar-refractivity contribution in [2.45, 2.75) is 6.10 Å². The summed E-state index contributed by atoms with van der Waals surface area (Å²) in [6.07, 6.45) is 0.113. The van der Waals surface area contributed by atoms with Crippen molar-refractivity contribution >= 4 is 5.82 Å². The standard InChI is InChI=1S/C13H15N3O3/c1-17-12-4-8(10-5-13(14)16-15-10)2-3-11(12)19-9-6-18-7-9/h2-5,9H,6-7H2,1H3,(H3,14,15,16). The van der Waals surface area contributed by atoms with Gasteiger partial charge in [-0.3, -0.25) is 5.10 Å². The lowest BCUT2D eigenvalue weighted by Crippen LogP contribution is -2.38. The molecule has 0 spiro atoms. The number of rotatable bonds is 4. The molecule has 2 aromatic rings. The van der Waals surface area contributed by atoms with Crippen molar-refractivity contribution in [3.05, 3.63) is 24.3 Å². The number of hydrogen-bond acceptors (Lipinski definition) is 5. The molecule has 3 rings (SSSR count). The smallest absolute Gasteiger partial charge is 0.161 e. The number of ether oxygens (including phenoxy) is 3. The molecule has 0 saturated carbocycles. The lowest BCUT2D eigenvalue weighted by molar-refractivity contribution is -0.0803. The molecule has 1 saturated heterocycles. The van der Waals surface area contributed by atoms with Gasteiger partial charge in [0, 0.05) is 11.6 Å². The van der Waals surface area contributed by atoms with Crippen molar-refractivity contribution in [2.75, 3.05) is 26.1 Å². The van der Waals surface area contributed by atoms with Crippen LogP contribution < -0.4 is 15.2 Å². The number of aromatic nitrogens is 2. The van der Waals surface area contributed by atoms with Crippen LogP contribution in [0, 0.1) is 0 Å². The number of nitrogen functional groups attached to an aromatic ring is 1. The van der Waals surface area contributed by atoms with E-state index >= 15 is 0 Å². The molecule has 1 aliphatic rings. The van der Waals surface area contributed by atoms with E-state index in [1.54, 1.807) is 13.2 Å². The number of H-pyrrole nitrogens is 1. The van der Waals surface area contributed by atoms with E-state index in [0.717, 1.165) is 11.3 Å². The van der Waals surface area contributed by atoms with Crippen LogP contribution >= 0.6 is 0 Å². The highest BCUT2D eigenvalue weighted by atomic mass is 16.6. The van der Waals surface area contributed by atoms with Crippen LogP contribution in [0.1, 0.15) is 0 Å². The van der Waals surface area contributed by atoms with Crippen molar-refractivity contribution in [3.8, 4) is 22.8 Å². The highest BCUT2D eigenvalue weighted by Gasteiger charge is 2.21. The minimum Gasteiger partial charge on any atom is -0.493 e. The topological polar surface area (TPSA) is 82.4 Å². The Morgan fingerprint density at radius 3 is 2.74 bits per heavy atom. The summed E-state index contributed by atoms with van der Waals surface area (Å²) in [5.74, 6) is 1.85. The number of nitrogens with zero attached hydrogens (tertiary/aromatic N) is 1. The highest BCUT2D eigenvalue weighted by molar-refractivity contribution is 5.65. The average molecular weight is 261 g/mol. The molecule has 0 atom stereocenters. The average Bonchev–Trinajstić information content (AvgIpc) is 2.80. The third kappa shape index (κ3) is 2.34. The molecule has 0 unspecified atom stereocenters. The summed E-state index contributed by atoms with van der Waals surface area (Å²) in [4.78, 5) is 0. The molecule has 0 amide bonds. The van der Waals surface area contributed by atoms with E-state index in [-0.39, 0.29) is 6.10 Å². The summed E-state index contributed by atoms with van der Waals surface area (Å²) in [5, 5.41) is 6.77. The molecule has 0 aliphatic carbocycles. The third-order valence-corrected chi connectivity index (χ3v) is 2.97. The van der Waals surface area contributed by atoms with Crippen LogP contribution in [0.15, 0.2) is 24.3 Å².